The van der Waals surface area contributed by atoms with Crippen molar-refractivity contribution in [1.29, 1.82) is 0 Å². The number of fused-ring (bicyclic) bond motifs is 1. The van der Waals surface area contributed by atoms with Crippen molar-refractivity contribution in [2.75, 3.05) is 12.4 Å². The van der Waals surface area contributed by atoms with Crippen molar-refractivity contribution in [2.45, 2.75) is 56.8 Å². The van der Waals surface area contributed by atoms with Crippen molar-refractivity contribution in [1.82, 2.24) is 9.80 Å². The molecule has 3 aliphatic rings. The number of ether oxygens (including phenoxy) is 1. The van der Waals surface area contributed by atoms with Gasteiger partial charge in [0.1, 0.15) is 0 Å². The van der Waals surface area contributed by atoms with Gasteiger partial charge in [0.05, 0.1) is 18.0 Å². The van der Waals surface area contributed by atoms with E-state index in [2.05, 4.69) is 17.0 Å². The summed E-state index contributed by atoms with van der Waals surface area (Å²) in [7, 11) is 0. The fourth-order valence-electron chi connectivity index (χ4n) is 4.40. The lowest BCUT2D eigenvalue weighted by molar-refractivity contribution is -0.0319. The zero-order valence-corrected chi connectivity index (χ0v) is 15.1. The van der Waals surface area contributed by atoms with Gasteiger partial charge in [0.25, 0.3) is 0 Å². The molecule has 0 bridgehead atoms. The van der Waals surface area contributed by atoms with Gasteiger partial charge in [-0.25, -0.2) is 4.79 Å². The molecule has 2 unspecified atom stereocenters. The molecule has 1 aromatic rings. The number of amides is 2. The van der Waals surface area contributed by atoms with Crippen LogP contribution < -0.4 is 0 Å². The SMILES string of the molecule is CCOC1[C@@H]2CSC(C3CCCC3)N2C(=O)N1Cc1ccccc1. The van der Waals surface area contributed by atoms with Gasteiger partial charge in [-0.2, -0.15) is 0 Å². The van der Waals surface area contributed by atoms with Crippen LogP contribution in [0.3, 0.4) is 0 Å². The normalized spacial score (nSPS) is 30.4. The molecule has 2 amide bonds. The van der Waals surface area contributed by atoms with Crippen molar-refractivity contribution >= 4 is 17.8 Å². The van der Waals surface area contributed by atoms with Crippen LogP contribution in [-0.4, -0.2) is 45.8 Å². The minimum atomic E-state index is -0.110. The van der Waals surface area contributed by atoms with Crippen LogP contribution in [0.1, 0.15) is 38.2 Å². The van der Waals surface area contributed by atoms with E-state index in [1.807, 2.05) is 41.8 Å². The Morgan fingerprint density at radius 1 is 1.21 bits per heavy atom. The molecule has 1 saturated carbocycles. The highest BCUT2D eigenvalue weighted by atomic mass is 32.2. The summed E-state index contributed by atoms with van der Waals surface area (Å²) >= 11 is 1.97. The molecule has 4 nitrogen and oxygen atoms in total. The zero-order valence-electron chi connectivity index (χ0n) is 14.3. The second-order valence-electron chi connectivity index (χ2n) is 6.99. The average Bonchev–Trinajstić information content (AvgIpc) is 3.31. The Labute approximate surface area is 148 Å². The molecule has 0 N–H and O–H groups in total. The lowest BCUT2D eigenvalue weighted by Crippen LogP contribution is -2.40. The molecule has 5 heteroatoms. The number of rotatable bonds is 5. The second-order valence-corrected chi connectivity index (χ2v) is 8.13. The molecule has 0 aromatic heterocycles. The van der Waals surface area contributed by atoms with Gasteiger partial charge in [0, 0.05) is 12.4 Å². The van der Waals surface area contributed by atoms with Gasteiger partial charge in [-0.3, -0.25) is 4.90 Å². The summed E-state index contributed by atoms with van der Waals surface area (Å²) in [6.45, 7) is 3.30. The number of urea groups is 1. The first kappa shape index (κ1) is 16.3. The lowest BCUT2D eigenvalue weighted by atomic mass is 10.1. The number of thioether (sulfide) groups is 1. The molecule has 130 valence electrons. The summed E-state index contributed by atoms with van der Waals surface area (Å²) in [5.74, 6) is 1.67. The van der Waals surface area contributed by atoms with Crippen LogP contribution in [0.15, 0.2) is 30.3 Å². The largest absolute Gasteiger partial charge is 0.356 e. The molecule has 3 atom stereocenters. The first-order valence-corrected chi connectivity index (χ1v) is 10.2. The highest BCUT2D eigenvalue weighted by Gasteiger charge is 2.54. The maximum atomic E-state index is 13.2. The van der Waals surface area contributed by atoms with Crippen molar-refractivity contribution in [3.8, 4) is 0 Å². The molecule has 1 aliphatic carbocycles. The van der Waals surface area contributed by atoms with Gasteiger partial charge in [0.2, 0.25) is 0 Å². The minimum Gasteiger partial charge on any atom is -0.356 e. The summed E-state index contributed by atoms with van der Waals surface area (Å²) in [5.41, 5.74) is 1.17. The van der Waals surface area contributed by atoms with E-state index in [0.717, 1.165) is 5.75 Å². The number of nitrogens with zero attached hydrogens (tertiary/aromatic N) is 2. The maximum absolute atomic E-state index is 13.2. The van der Waals surface area contributed by atoms with E-state index in [0.29, 0.717) is 24.4 Å². The Bertz CT molecular complexity index is 576. The Kier molecular flexibility index (Phi) is 4.72. The average molecular weight is 346 g/mol. The van der Waals surface area contributed by atoms with E-state index in [4.69, 9.17) is 4.74 Å². The van der Waals surface area contributed by atoms with E-state index < -0.39 is 0 Å². The van der Waals surface area contributed by atoms with Gasteiger partial charge in [0.15, 0.2) is 6.23 Å². The fraction of sp³-hybridized carbons (Fsp3) is 0.632. The minimum absolute atomic E-state index is 0.110. The Morgan fingerprint density at radius 3 is 2.67 bits per heavy atom. The Hall–Kier alpha value is -1.20. The molecule has 4 rings (SSSR count). The van der Waals surface area contributed by atoms with Gasteiger partial charge < -0.3 is 9.64 Å². The van der Waals surface area contributed by atoms with Crippen molar-refractivity contribution in [2.24, 2.45) is 5.92 Å². The van der Waals surface area contributed by atoms with E-state index in [9.17, 15) is 4.79 Å². The van der Waals surface area contributed by atoms with Crippen LogP contribution in [0.4, 0.5) is 4.79 Å². The molecule has 2 aliphatic heterocycles. The quantitative estimate of drug-likeness (QED) is 0.810. The van der Waals surface area contributed by atoms with Crippen molar-refractivity contribution < 1.29 is 9.53 Å². The number of carbonyl (C=O) groups excluding carboxylic acids is 1. The van der Waals surface area contributed by atoms with Gasteiger partial charge in [-0.15, -0.1) is 11.8 Å². The fourth-order valence-corrected chi connectivity index (χ4v) is 6.07. The predicted octanol–water partition coefficient (Wildman–Crippen LogP) is 3.92. The molecule has 24 heavy (non-hydrogen) atoms. The van der Waals surface area contributed by atoms with Crippen LogP contribution in [0.5, 0.6) is 0 Å². The third-order valence-corrected chi connectivity index (χ3v) is 7.00. The zero-order chi connectivity index (χ0) is 16.5. The predicted molar refractivity (Wildman–Crippen MR) is 96.6 cm³/mol. The van der Waals surface area contributed by atoms with Crippen LogP contribution in [0.2, 0.25) is 0 Å². The highest BCUT2D eigenvalue weighted by Crippen LogP contribution is 2.46. The molecule has 1 aromatic carbocycles. The summed E-state index contributed by atoms with van der Waals surface area (Å²) in [4.78, 5) is 17.3. The van der Waals surface area contributed by atoms with Gasteiger partial charge in [-0.1, -0.05) is 43.2 Å². The summed E-state index contributed by atoms with van der Waals surface area (Å²) in [5, 5.41) is 0.355. The molecule has 0 radical (unpaired) electrons. The molecular formula is C19H26N2O2S. The third kappa shape index (κ3) is 2.82. The summed E-state index contributed by atoms with van der Waals surface area (Å²) < 4.78 is 6.03. The highest BCUT2D eigenvalue weighted by molar-refractivity contribution is 8.00. The van der Waals surface area contributed by atoms with Crippen molar-refractivity contribution in [3.05, 3.63) is 35.9 Å². The standard InChI is InChI=1S/C19H26N2O2S/c1-2-23-17-16-13-24-18(15-10-6-7-11-15)21(16)19(22)20(17)12-14-8-4-3-5-9-14/h3-5,8-9,15-18H,2,6-7,10-13H2,1H3/t16-,17?,18?/m0/s1. The molecular weight excluding hydrogens is 320 g/mol. The van der Waals surface area contributed by atoms with Crippen LogP contribution in [0.25, 0.3) is 0 Å². The second kappa shape index (κ2) is 6.96. The first-order valence-electron chi connectivity index (χ1n) is 9.15. The van der Waals surface area contributed by atoms with Gasteiger partial charge >= 0.3 is 6.03 Å². The van der Waals surface area contributed by atoms with Gasteiger partial charge in [-0.05, 0) is 31.2 Å². The van der Waals surface area contributed by atoms with E-state index >= 15 is 0 Å². The van der Waals surface area contributed by atoms with Crippen LogP contribution >= 0.6 is 11.8 Å². The molecule has 3 fully saturated rings. The number of hydrogen-bond donors (Lipinski definition) is 0. The summed E-state index contributed by atoms with van der Waals surface area (Å²) in [6, 6.07) is 10.6. The monoisotopic (exact) mass is 346 g/mol. The van der Waals surface area contributed by atoms with E-state index in [-0.39, 0.29) is 18.3 Å². The third-order valence-electron chi connectivity index (χ3n) is 5.51. The summed E-state index contributed by atoms with van der Waals surface area (Å²) in [6.07, 6.45) is 5.06. The number of carbonyl (C=O) groups is 1. The van der Waals surface area contributed by atoms with E-state index in [1.165, 1.54) is 31.2 Å². The number of hydrogen-bond acceptors (Lipinski definition) is 3. The Balaban J connectivity index is 1.56. The van der Waals surface area contributed by atoms with E-state index in [1.54, 1.807) is 0 Å². The number of benzene rings is 1. The molecule has 2 saturated heterocycles. The smallest absolute Gasteiger partial charge is 0.323 e. The molecule has 0 spiro atoms. The van der Waals surface area contributed by atoms with Crippen molar-refractivity contribution in [3.63, 3.8) is 0 Å². The first-order chi connectivity index (χ1) is 11.8. The lowest BCUT2D eigenvalue weighted by Gasteiger charge is -2.28. The van der Waals surface area contributed by atoms with Crippen LogP contribution in [0, 0.1) is 5.92 Å². The Morgan fingerprint density at radius 2 is 1.96 bits per heavy atom. The maximum Gasteiger partial charge on any atom is 0.323 e. The topological polar surface area (TPSA) is 32.8 Å². The molecule has 2 heterocycles. The van der Waals surface area contributed by atoms with Crippen LogP contribution in [-0.2, 0) is 11.3 Å².